The largest absolute Gasteiger partial charge is 0.416 e. The first-order valence-corrected chi connectivity index (χ1v) is 8.39. The molecule has 0 radical (unpaired) electrons. The van der Waals surface area contributed by atoms with Gasteiger partial charge in [0.15, 0.2) is 0 Å². The van der Waals surface area contributed by atoms with Gasteiger partial charge in [-0.2, -0.15) is 28.1 Å². The molecule has 1 heterocycles. The summed E-state index contributed by atoms with van der Waals surface area (Å²) in [6, 6.07) is 10.4. The number of hydrogen-bond donors (Lipinski definition) is 2. The van der Waals surface area contributed by atoms with Gasteiger partial charge in [-0.25, -0.2) is 0 Å². The van der Waals surface area contributed by atoms with Crippen LogP contribution in [0.3, 0.4) is 0 Å². The zero-order valence-electron chi connectivity index (χ0n) is 13.8. The second-order valence-electron chi connectivity index (χ2n) is 5.41. The van der Waals surface area contributed by atoms with Gasteiger partial charge in [0.25, 0.3) is 5.91 Å². The summed E-state index contributed by atoms with van der Waals surface area (Å²) >= 11 is 11.7. The van der Waals surface area contributed by atoms with Crippen molar-refractivity contribution in [2.75, 3.05) is 10.6 Å². The van der Waals surface area contributed by atoms with Crippen molar-refractivity contribution >= 4 is 46.7 Å². The summed E-state index contributed by atoms with van der Waals surface area (Å²) in [6.07, 6.45) is -4.49. The second-order valence-corrected chi connectivity index (χ2v) is 6.19. The fraction of sp³-hybridized carbons (Fsp3) is 0.0588. The minimum absolute atomic E-state index is 0.00301. The number of benzene rings is 2. The molecule has 0 saturated carbocycles. The van der Waals surface area contributed by atoms with Gasteiger partial charge in [0.2, 0.25) is 17.2 Å². The Bertz CT molecular complexity index is 995. The van der Waals surface area contributed by atoms with Crippen molar-refractivity contribution in [3.63, 3.8) is 0 Å². The van der Waals surface area contributed by atoms with E-state index in [9.17, 15) is 18.0 Å². The SMILES string of the molecule is O=C(Nc1nc(Cl)nc(Nc2ccc(Cl)cc2)n1)c1ccc(C(F)(F)F)cc1. The molecular weight excluding hydrogens is 418 g/mol. The zero-order chi connectivity index (χ0) is 20.3. The molecule has 11 heteroatoms. The summed E-state index contributed by atoms with van der Waals surface area (Å²) in [4.78, 5) is 23.9. The van der Waals surface area contributed by atoms with Crippen molar-refractivity contribution in [1.29, 1.82) is 0 Å². The molecule has 144 valence electrons. The number of aromatic nitrogens is 3. The lowest BCUT2D eigenvalue weighted by Gasteiger charge is -2.09. The monoisotopic (exact) mass is 427 g/mol. The van der Waals surface area contributed by atoms with E-state index in [1.165, 1.54) is 0 Å². The first kappa shape index (κ1) is 19.8. The normalized spacial score (nSPS) is 11.2. The number of carbonyl (C=O) groups excluding carboxylic acids is 1. The van der Waals surface area contributed by atoms with Gasteiger partial charge in [-0.05, 0) is 60.1 Å². The predicted molar refractivity (Wildman–Crippen MR) is 99.0 cm³/mol. The Balaban J connectivity index is 1.75. The molecule has 2 aromatic carbocycles. The van der Waals surface area contributed by atoms with Crippen LogP contribution in [0.5, 0.6) is 0 Å². The summed E-state index contributed by atoms with van der Waals surface area (Å²) < 4.78 is 37.8. The second kappa shape index (κ2) is 7.99. The maximum absolute atomic E-state index is 12.6. The Hall–Kier alpha value is -2.91. The molecule has 0 aliphatic carbocycles. The van der Waals surface area contributed by atoms with Gasteiger partial charge in [0, 0.05) is 16.3 Å². The summed E-state index contributed by atoms with van der Waals surface area (Å²) in [6.45, 7) is 0. The Morgan fingerprint density at radius 1 is 0.857 bits per heavy atom. The average Bonchev–Trinajstić information content (AvgIpc) is 2.62. The third-order valence-corrected chi connectivity index (χ3v) is 3.83. The highest BCUT2D eigenvalue weighted by molar-refractivity contribution is 6.30. The third-order valence-electron chi connectivity index (χ3n) is 3.41. The van der Waals surface area contributed by atoms with Gasteiger partial charge >= 0.3 is 6.18 Å². The quantitative estimate of drug-likeness (QED) is 0.598. The smallest absolute Gasteiger partial charge is 0.324 e. The van der Waals surface area contributed by atoms with E-state index < -0.39 is 17.6 Å². The van der Waals surface area contributed by atoms with Crippen LogP contribution in [0.2, 0.25) is 10.3 Å². The molecule has 0 aliphatic rings. The molecule has 0 atom stereocenters. The van der Waals surface area contributed by atoms with E-state index in [2.05, 4.69) is 25.6 Å². The van der Waals surface area contributed by atoms with Gasteiger partial charge in [-0.3, -0.25) is 10.1 Å². The molecule has 1 amide bonds. The molecule has 1 aromatic heterocycles. The number of nitrogens with one attached hydrogen (secondary N) is 2. The molecule has 3 aromatic rings. The molecule has 6 nitrogen and oxygen atoms in total. The Labute approximate surface area is 166 Å². The van der Waals surface area contributed by atoms with Crippen LogP contribution >= 0.6 is 23.2 Å². The van der Waals surface area contributed by atoms with Gasteiger partial charge < -0.3 is 5.32 Å². The number of amides is 1. The first-order chi connectivity index (χ1) is 13.2. The van der Waals surface area contributed by atoms with E-state index in [4.69, 9.17) is 23.2 Å². The van der Waals surface area contributed by atoms with Gasteiger partial charge in [0.1, 0.15) is 0 Å². The number of rotatable bonds is 4. The zero-order valence-corrected chi connectivity index (χ0v) is 15.3. The molecular formula is C17H10Cl2F3N5O. The first-order valence-electron chi connectivity index (χ1n) is 7.63. The lowest BCUT2D eigenvalue weighted by Crippen LogP contribution is -2.16. The van der Waals surface area contributed by atoms with Crippen LogP contribution < -0.4 is 10.6 Å². The Kier molecular flexibility index (Phi) is 5.66. The average molecular weight is 428 g/mol. The van der Waals surface area contributed by atoms with E-state index in [-0.39, 0.29) is 22.7 Å². The molecule has 0 unspecified atom stereocenters. The van der Waals surface area contributed by atoms with Crippen molar-refractivity contribution in [3.05, 3.63) is 70.0 Å². The van der Waals surface area contributed by atoms with Crippen LogP contribution in [0.25, 0.3) is 0 Å². The molecule has 0 fully saturated rings. The van der Waals surface area contributed by atoms with Gasteiger partial charge in [0.05, 0.1) is 5.56 Å². The van der Waals surface area contributed by atoms with Crippen molar-refractivity contribution < 1.29 is 18.0 Å². The third kappa shape index (κ3) is 5.08. The molecule has 0 bridgehead atoms. The summed E-state index contributed by atoms with van der Waals surface area (Å²) in [5.74, 6) is -0.806. The van der Waals surface area contributed by atoms with Gasteiger partial charge in [-0.15, -0.1) is 0 Å². The highest BCUT2D eigenvalue weighted by Gasteiger charge is 2.30. The molecule has 2 N–H and O–H groups in total. The van der Waals surface area contributed by atoms with E-state index in [0.717, 1.165) is 24.3 Å². The highest BCUT2D eigenvalue weighted by Crippen LogP contribution is 2.29. The summed E-state index contributed by atoms with van der Waals surface area (Å²) in [7, 11) is 0. The lowest BCUT2D eigenvalue weighted by atomic mass is 10.1. The molecule has 0 saturated heterocycles. The van der Waals surface area contributed by atoms with E-state index in [1.54, 1.807) is 24.3 Å². The maximum atomic E-state index is 12.6. The number of halogens is 5. The fourth-order valence-corrected chi connectivity index (χ4v) is 2.39. The number of alkyl halides is 3. The van der Waals surface area contributed by atoms with Gasteiger partial charge in [-0.1, -0.05) is 11.6 Å². The van der Waals surface area contributed by atoms with E-state index in [1.807, 2.05) is 0 Å². The van der Waals surface area contributed by atoms with Crippen molar-refractivity contribution in [2.24, 2.45) is 0 Å². The van der Waals surface area contributed by atoms with Crippen LogP contribution in [0.4, 0.5) is 30.8 Å². The predicted octanol–water partition coefficient (Wildman–Crippen LogP) is 5.19. The van der Waals surface area contributed by atoms with E-state index in [0.29, 0.717) is 10.7 Å². The maximum Gasteiger partial charge on any atom is 0.416 e. The van der Waals surface area contributed by atoms with Crippen LogP contribution in [0, 0.1) is 0 Å². The van der Waals surface area contributed by atoms with Crippen LogP contribution in [-0.4, -0.2) is 20.9 Å². The number of hydrogen-bond acceptors (Lipinski definition) is 5. The lowest BCUT2D eigenvalue weighted by molar-refractivity contribution is -0.137. The Morgan fingerprint density at radius 3 is 2.07 bits per heavy atom. The van der Waals surface area contributed by atoms with E-state index >= 15 is 0 Å². The van der Waals surface area contributed by atoms with Crippen LogP contribution in [0.15, 0.2) is 48.5 Å². The van der Waals surface area contributed by atoms with Crippen molar-refractivity contribution in [3.8, 4) is 0 Å². The Morgan fingerprint density at radius 2 is 1.46 bits per heavy atom. The van der Waals surface area contributed by atoms with Crippen LogP contribution in [0.1, 0.15) is 15.9 Å². The van der Waals surface area contributed by atoms with Crippen molar-refractivity contribution in [2.45, 2.75) is 6.18 Å². The minimum Gasteiger partial charge on any atom is -0.324 e. The molecule has 0 aliphatic heterocycles. The van der Waals surface area contributed by atoms with Crippen molar-refractivity contribution in [1.82, 2.24) is 15.0 Å². The fourth-order valence-electron chi connectivity index (χ4n) is 2.11. The standard InChI is InChI=1S/C17H10Cl2F3N5O/c18-11-5-7-12(8-6-11)23-15-25-14(19)26-16(27-15)24-13(28)9-1-3-10(4-2-9)17(20,21)22/h1-8H,(H2,23,24,25,26,27,28). The molecule has 28 heavy (non-hydrogen) atoms. The molecule has 3 rings (SSSR count). The number of nitrogens with zero attached hydrogens (tertiary/aromatic N) is 3. The topological polar surface area (TPSA) is 79.8 Å². The molecule has 0 spiro atoms. The highest BCUT2D eigenvalue weighted by atomic mass is 35.5. The van der Waals surface area contributed by atoms with Crippen LogP contribution in [-0.2, 0) is 6.18 Å². The number of carbonyl (C=O) groups is 1. The summed E-state index contributed by atoms with van der Waals surface area (Å²) in [5, 5.41) is 5.59. The number of anilines is 3. The minimum atomic E-state index is -4.49. The summed E-state index contributed by atoms with van der Waals surface area (Å²) in [5.41, 5.74) is -0.245.